The number of ether oxygens (including phenoxy) is 1. The van der Waals surface area contributed by atoms with Gasteiger partial charge in [0.05, 0.1) is 17.6 Å². The van der Waals surface area contributed by atoms with Gasteiger partial charge >= 0.3 is 0 Å². The number of halogens is 2. The Balaban J connectivity index is 1.93. The summed E-state index contributed by atoms with van der Waals surface area (Å²) in [6, 6.07) is 0.240. The predicted molar refractivity (Wildman–Crippen MR) is 87.6 cm³/mol. The molecule has 6 N–H and O–H groups in total. The third-order valence-electron chi connectivity index (χ3n) is 5.23. The number of nitrogens with two attached hydrogens (primary N) is 2. The van der Waals surface area contributed by atoms with Gasteiger partial charge in [-0.25, -0.2) is 4.39 Å². The first-order valence-corrected chi connectivity index (χ1v) is 8.65. The quantitative estimate of drug-likeness (QED) is 0.438. The number of hydrogen-bond acceptors (Lipinski definition) is 5. The number of alkyl halides is 2. The van der Waals surface area contributed by atoms with Gasteiger partial charge in [0.1, 0.15) is 6.17 Å². The SMILES string of the molecule is CNC(NC1CCC(F)C(Cl)C1)C1CC(N)C(OC)CC1N. The fraction of sp³-hybridized carbons (Fsp3) is 1.00. The Morgan fingerprint density at radius 2 is 1.91 bits per heavy atom. The highest BCUT2D eigenvalue weighted by molar-refractivity contribution is 6.21. The highest BCUT2D eigenvalue weighted by atomic mass is 35.5. The second-order valence-corrected chi connectivity index (χ2v) is 7.27. The molecule has 8 atom stereocenters. The van der Waals surface area contributed by atoms with Gasteiger partial charge in [0.2, 0.25) is 0 Å². The van der Waals surface area contributed by atoms with Crippen LogP contribution in [0, 0.1) is 5.92 Å². The summed E-state index contributed by atoms with van der Waals surface area (Å²) in [5.41, 5.74) is 12.5. The summed E-state index contributed by atoms with van der Waals surface area (Å²) in [7, 11) is 3.60. The fourth-order valence-corrected chi connectivity index (χ4v) is 4.16. The maximum Gasteiger partial charge on any atom is 0.117 e. The van der Waals surface area contributed by atoms with Gasteiger partial charge in [0.15, 0.2) is 0 Å². The summed E-state index contributed by atoms with van der Waals surface area (Å²) in [5.74, 6) is 0.225. The first kappa shape index (κ1) is 18.4. The molecule has 0 aromatic heterocycles. The predicted octanol–water partition coefficient (Wildman–Crippen LogP) is 0.699. The molecule has 0 saturated heterocycles. The van der Waals surface area contributed by atoms with Crippen LogP contribution in [-0.2, 0) is 4.74 Å². The fourth-order valence-electron chi connectivity index (χ4n) is 3.82. The van der Waals surface area contributed by atoms with E-state index in [1.165, 1.54) is 0 Å². The molecule has 0 radical (unpaired) electrons. The van der Waals surface area contributed by atoms with Crippen molar-refractivity contribution >= 4 is 11.6 Å². The van der Waals surface area contributed by atoms with E-state index in [0.717, 1.165) is 19.3 Å². The van der Waals surface area contributed by atoms with Crippen LogP contribution < -0.4 is 22.1 Å². The van der Waals surface area contributed by atoms with E-state index in [1.54, 1.807) is 7.11 Å². The first-order valence-electron chi connectivity index (χ1n) is 8.21. The van der Waals surface area contributed by atoms with Crippen molar-refractivity contribution in [2.24, 2.45) is 17.4 Å². The zero-order valence-corrected chi connectivity index (χ0v) is 14.2. The number of nitrogens with one attached hydrogen (secondary N) is 2. The number of rotatable bonds is 5. The molecule has 2 aliphatic rings. The molecule has 5 nitrogen and oxygen atoms in total. The second kappa shape index (κ2) is 8.22. The van der Waals surface area contributed by atoms with Crippen molar-refractivity contribution in [1.29, 1.82) is 0 Å². The molecule has 2 fully saturated rings. The Morgan fingerprint density at radius 3 is 2.50 bits per heavy atom. The van der Waals surface area contributed by atoms with Crippen molar-refractivity contribution in [2.75, 3.05) is 14.2 Å². The number of hydrogen-bond donors (Lipinski definition) is 4. The van der Waals surface area contributed by atoms with Crippen molar-refractivity contribution < 1.29 is 9.13 Å². The Kier molecular flexibility index (Phi) is 6.86. The Hall–Kier alpha value is 0.0200. The molecule has 2 aliphatic carbocycles. The van der Waals surface area contributed by atoms with Gasteiger partial charge < -0.3 is 21.5 Å². The Labute approximate surface area is 137 Å². The molecular formula is C15H30ClFN4O. The van der Waals surface area contributed by atoms with E-state index in [-0.39, 0.29) is 36.3 Å². The van der Waals surface area contributed by atoms with Gasteiger partial charge in [0, 0.05) is 31.2 Å². The van der Waals surface area contributed by atoms with Gasteiger partial charge in [-0.2, -0.15) is 0 Å². The molecule has 0 aliphatic heterocycles. The molecule has 2 saturated carbocycles. The second-order valence-electron chi connectivity index (χ2n) is 6.71. The molecule has 8 unspecified atom stereocenters. The summed E-state index contributed by atoms with van der Waals surface area (Å²) in [5, 5.41) is 6.48. The summed E-state index contributed by atoms with van der Waals surface area (Å²) in [4.78, 5) is 0. The summed E-state index contributed by atoms with van der Waals surface area (Å²) >= 11 is 6.07. The van der Waals surface area contributed by atoms with Crippen LogP contribution in [0.15, 0.2) is 0 Å². The summed E-state index contributed by atoms with van der Waals surface area (Å²) in [6.45, 7) is 0. The zero-order valence-electron chi connectivity index (χ0n) is 13.5. The van der Waals surface area contributed by atoms with Crippen LogP contribution in [0.25, 0.3) is 0 Å². The van der Waals surface area contributed by atoms with Gasteiger partial charge in [-0.3, -0.25) is 5.32 Å². The van der Waals surface area contributed by atoms with Crippen LogP contribution >= 0.6 is 11.6 Å². The summed E-state index contributed by atoms with van der Waals surface area (Å²) in [6.07, 6.45) is 2.73. The largest absolute Gasteiger partial charge is 0.380 e. The average Bonchev–Trinajstić information content (AvgIpc) is 2.50. The lowest BCUT2D eigenvalue weighted by atomic mass is 9.78. The van der Waals surface area contributed by atoms with Crippen LogP contribution in [0.2, 0.25) is 0 Å². The lowest BCUT2D eigenvalue weighted by Crippen LogP contribution is -2.61. The smallest absolute Gasteiger partial charge is 0.117 e. The molecule has 7 heteroatoms. The molecule has 0 spiro atoms. The Morgan fingerprint density at radius 1 is 1.18 bits per heavy atom. The molecule has 22 heavy (non-hydrogen) atoms. The summed E-state index contributed by atoms with van der Waals surface area (Å²) < 4.78 is 18.9. The highest BCUT2D eigenvalue weighted by Crippen LogP contribution is 2.29. The van der Waals surface area contributed by atoms with Crippen LogP contribution in [0.1, 0.15) is 32.1 Å². The van der Waals surface area contributed by atoms with E-state index >= 15 is 0 Å². The van der Waals surface area contributed by atoms with Crippen molar-refractivity contribution in [3.63, 3.8) is 0 Å². The minimum atomic E-state index is -0.888. The van der Waals surface area contributed by atoms with E-state index in [1.807, 2.05) is 7.05 Å². The average molecular weight is 337 g/mol. The molecule has 2 rings (SSSR count). The van der Waals surface area contributed by atoms with E-state index in [2.05, 4.69) is 10.6 Å². The molecule has 0 amide bonds. The van der Waals surface area contributed by atoms with Crippen molar-refractivity contribution in [2.45, 2.75) is 74.0 Å². The molecule has 0 aromatic carbocycles. The van der Waals surface area contributed by atoms with E-state index in [0.29, 0.717) is 12.8 Å². The van der Waals surface area contributed by atoms with Gasteiger partial charge in [-0.15, -0.1) is 11.6 Å². The van der Waals surface area contributed by atoms with Crippen LogP contribution in [0.5, 0.6) is 0 Å². The number of methoxy groups -OCH3 is 1. The maximum atomic E-state index is 13.5. The van der Waals surface area contributed by atoms with Crippen molar-refractivity contribution in [1.82, 2.24) is 10.6 Å². The molecular weight excluding hydrogens is 307 g/mol. The van der Waals surface area contributed by atoms with Crippen LogP contribution in [0.3, 0.4) is 0 Å². The van der Waals surface area contributed by atoms with E-state index in [9.17, 15) is 4.39 Å². The van der Waals surface area contributed by atoms with Gasteiger partial charge in [-0.05, 0) is 39.2 Å². The lowest BCUT2D eigenvalue weighted by Gasteiger charge is -2.43. The third kappa shape index (κ3) is 4.30. The van der Waals surface area contributed by atoms with Crippen LogP contribution in [0.4, 0.5) is 4.39 Å². The van der Waals surface area contributed by atoms with E-state index in [4.69, 9.17) is 27.8 Å². The standard InChI is InChI=1S/C15H30ClFN4O/c1-20-15(21-8-3-4-11(17)10(16)5-8)9-6-13(19)14(22-2)7-12(9)18/h8-15,20-21H,3-7,18-19H2,1-2H3. The van der Waals surface area contributed by atoms with Crippen molar-refractivity contribution in [3.8, 4) is 0 Å². The zero-order chi connectivity index (χ0) is 16.3. The van der Waals surface area contributed by atoms with Crippen LogP contribution in [-0.4, -0.2) is 56.1 Å². The molecule has 0 aromatic rings. The first-order chi connectivity index (χ1) is 10.5. The minimum absolute atomic E-state index is 0.00481. The Bertz CT molecular complexity index is 352. The maximum absolute atomic E-state index is 13.5. The third-order valence-corrected chi connectivity index (χ3v) is 5.68. The molecule has 0 heterocycles. The molecule has 0 bridgehead atoms. The van der Waals surface area contributed by atoms with Crippen molar-refractivity contribution in [3.05, 3.63) is 0 Å². The minimum Gasteiger partial charge on any atom is -0.380 e. The lowest BCUT2D eigenvalue weighted by molar-refractivity contribution is 0.0198. The topological polar surface area (TPSA) is 85.3 Å². The van der Waals surface area contributed by atoms with Gasteiger partial charge in [0.25, 0.3) is 0 Å². The van der Waals surface area contributed by atoms with E-state index < -0.39 is 11.5 Å². The normalized spacial score (nSPS) is 44.7. The molecule has 130 valence electrons. The highest BCUT2D eigenvalue weighted by Gasteiger charge is 2.39. The monoisotopic (exact) mass is 336 g/mol. The van der Waals surface area contributed by atoms with Gasteiger partial charge in [-0.1, -0.05) is 0 Å².